The van der Waals surface area contributed by atoms with Gasteiger partial charge < -0.3 is 0 Å². The molecule has 4 rings (SSSR count). The van der Waals surface area contributed by atoms with Crippen molar-refractivity contribution in [2.75, 3.05) is 6.54 Å². The van der Waals surface area contributed by atoms with Gasteiger partial charge in [-0.2, -0.15) is 0 Å². The number of likely N-dealkylation sites (tertiary alicyclic amines) is 1. The molecule has 0 amide bonds. The van der Waals surface area contributed by atoms with E-state index in [-0.39, 0.29) is 0 Å². The standard InChI is InChI=1S/C27H41NO/c1-22-27(19-16-26(29)15-14-23-9-5-6-10-23)18-8-7-13-25(27)17-20-28(22)21-24-11-3-2-4-12-24/h2-4,11-12,22-23,25H,5-10,13-21H2,1H3. The molecular weight excluding hydrogens is 354 g/mol. The third kappa shape index (κ3) is 4.95. The van der Waals surface area contributed by atoms with Crippen molar-refractivity contribution in [1.29, 1.82) is 0 Å². The molecule has 1 saturated heterocycles. The van der Waals surface area contributed by atoms with E-state index in [0.717, 1.165) is 44.1 Å². The zero-order valence-electron chi connectivity index (χ0n) is 18.6. The first kappa shape index (κ1) is 21.1. The summed E-state index contributed by atoms with van der Waals surface area (Å²) in [5.74, 6) is 2.22. The molecule has 2 nitrogen and oxygen atoms in total. The molecule has 3 atom stereocenters. The number of nitrogens with zero attached hydrogens (tertiary/aromatic N) is 1. The van der Waals surface area contributed by atoms with Crippen LogP contribution in [0.15, 0.2) is 30.3 Å². The minimum Gasteiger partial charge on any atom is -0.300 e. The number of Topliss-reactive ketones (excluding diaryl/α,β-unsaturated/α-hetero) is 1. The predicted molar refractivity (Wildman–Crippen MR) is 121 cm³/mol. The number of fused-ring (bicyclic) bond motifs is 1. The first-order chi connectivity index (χ1) is 14.2. The maximum atomic E-state index is 12.8. The zero-order valence-corrected chi connectivity index (χ0v) is 18.6. The molecule has 3 fully saturated rings. The van der Waals surface area contributed by atoms with Crippen LogP contribution in [0.2, 0.25) is 0 Å². The van der Waals surface area contributed by atoms with Crippen molar-refractivity contribution in [3.8, 4) is 0 Å². The molecule has 160 valence electrons. The van der Waals surface area contributed by atoms with Crippen molar-refractivity contribution in [1.82, 2.24) is 4.90 Å². The van der Waals surface area contributed by atoms with E-state index >= 15 is 0 Å². The van der Waals surface area contributed by atoms with Crippen molar-refractivity contribution >= 4 is 5.78 Å². The van der Waals surface area contributed by atoms with Gasteiger partial charge in [-0.25, -0.2) is 0 Å². The van der Waals surface area contributed by atoms with Gasteiger partial charge in [-0.1, -0.05) is 68.9 Å². The summed E-state index contributed by atoms with van der Waals surface area (Å²) in [6, 6.07) is 11.5. The fourth-order valence-electron chi connectivity index (χ4n) is 6.93. The van der Waals surface area contributed by atoms with E-state index in [2.05, 4.69) is 42.2 Å². The van der Waals surface area contributed by atoms with Crippen LogP contribution >= 0.6 is 0 Å². The van der Waals surface area contributed by atoms with Crippen LogP contribution in [-0.2, 0) is 11.3 Å². The molecule has 1 aromatic rings. The quantitative estimate of drug-likeness (QED) is 0.483. The molecule has 0 aromatic heterocycles. The number of carbonyl (C=O) groups excluding carboxylic acids is 1. The number of hydrogen-bond donors (Lipinski definition) is 0. The highest BCUT2D eigenvalue weighted by Crippen LogP contribution is 2.53. The molecule has 0 bridgehead atoms. The van der Waals surface area contributed by atoms with Crippen molar-refractivity contribution in [3.63, 3.8) is 0 Å². The van der Waals surface area contributed by atoms with Gasteiger partial charge in [-0.3, -0.25) is 9.69 Å². The van der Waals surface area contributed by atoms with E-state index in [1.807, 2.05) is 0 Å². The highest BCUT2D eigenvalue weighted by molar-refractivity contribution is 5.78. The molecule has 0 radical (unpaired) electrons. The van der Waals surface area contributed by atoms with Crippen LogP contribution in [0.1, 0.15) is 96.0 Å². The average Bonchev–Trinajstić information content (AvgIpc) is 3.28. The van der Waals surface area contributed by atoms with Crippen molar-refractivity contribution in [2.45, 2.75) is 103 Å². The van der Waals surface area contributed by atoms with Crippen LogP contribution < -0.4 is 0 Å². The summed E-state index contributed by atoms with van der Waals surface area (Å²) >= 11 is 0. The summed E-state index contributed by atoms with van der Waals surface area (Å²) < 4.78 is 0. The van der Waals surface area contributed by atoms with Crippen LogP contribution in [-0.4, -0.2) is 23.3 Å². The van der Waals surface area contributed by atoms with E-state index in [1.54, 1.807) is 0 Å². The number of rotatable bonds is 8. The second-order valence-corrected chi connectivity index (χ2v) is 10.3. The Hall–Kier alpha value is -1.15. The average molecular weight is 396 g/mol. The number of ketones is 1. The van der Waals surface area contributed by atoms with Crippen molar-refractivity contribution < 1.29 is 4.79 Å². The zero-order chi connectivity index (χ0) is 20.1. The molecule has 2 heteroatoms. The van der Waals surface area contributed by atoms with Crippen molar-refractivity contribution in [2.24, 2.45) is 17.3 Å². The monoisotopic (exact) mass is 395 g/mol. The van der Waals surface area contributed by atoms with E-state index < -0.39 is 0 Å². The van der Waals surface area contributed by atoms with Gasteiger partial charge in [0.2, 0.25) is 0 Å². The Labute approximate surface area is 178 Å². The molecule has 3 unspecified atom stereocenters. The Kier molecular flexibility index (Phi) is 7.11. The molecule has 1 aromatic carbocycles. The van der Waals surface area contributed by atoms with Gasteiger partial charge >= 0.3 is 0 Å². The minimum atomic E-state index is 0.369. The second-order valence-electron chi connectivity index (χ2n) is 10.3. The van der Waals surface area contributed by atoms with Gasteiger partial charge in [0.1, 0.15) is 5.78 Å². The first-order valence-electron chi connectivity index (χ1n) is 12.5. The second kappa shape index (κ2) is 9.77. The van der Waals surface area contributed by atoms with Crippen LogP contribution in [0.25, 0.3) is 0 Å². The highest BCUT2D eigenvalue weighted by atomic mass is 16.1. The van der Waals surface area contributed by atoms with Crippen LogP contribution in [0.4, 0.5) is 0 Å². The number of carbonyl (C=O) groups is 1. The van der Waals surface area contributed by atoms with Gasteiger partial charge in [-0.15, -0.1) is 0 Å². The smallest absolute Gasteiger partial charge is 0.132 e. The molecule has 0 N–H and O–H groups in total. The lowest BCUT2D eigenvalue weighted by molar-refractivity contribution is -0.122. The third-order valence-corrected chi connectivity index (χ3v) is 8.81. The van der Waals surface area contributed by atoms with E-state index in [9.17, 15) is 4.79 Å². The Morgan fingerprint density at radius 2 is 1.76 bits per heavy atom. The molecule has 0 spiro atoms. The molecule has 2 aliphatic carbocycles. The predicted octanol–water partition coefficient (Wildman–Crippen LogP) is 6.78. The normalized spacial score (nSPS) is 30.9. The van der Waals surface area contributed by atoms with Gasteiger partial charge in [-0.05, 0) is 68.4 Å². The molecule has 1 aliphatic heterocycles. The Morgan fingerprint density at radius 1 is 1.00 bits per heavy atom. The summed E-state index contributed by atoms with van der Waals surface area (Å²) in [7, 11) is 0. The highest BCUT2D eigenvalue weighted by Gasteiger charge is 2.49. The van der Waals surface area contributed by atoms with E-state index in [0.29, 0.717) is 17.2 Å². The maximum absolute atomic E-state index is 12.8. The lowest BCUT2D eigenvalue weighted by atomic mass is 9.57. The summed E-state index contributed by atoms with van der Waals surface area (Å²) in [6.45, 7) is 4.76. The number of benzene rings is 1. The molecule has 3 aliphatic rings. The molecule has 1 heterocycles. The maximum Gasteiger partial charge on any atom is 0.132 e. The summed E-state index contributed by atoms with van der Waals surface area (Å²) in [6.07, 6.45) is 16.3. The largest absolute Gasteiger partial charge is 0.300 e. The fraction of sp³-hybridized carbons (Fsp3) is 0.741. The first-order valence-corrected chi connectivity index (χ1v) is 12.5. The van der Waals surface area contributed by atoms with Gasteiger partial charge in [0.15, 0.2) is 0 Å². The SMILES string of the molecule is CC1N(Cc2ccccc2)CCC2CCCCC21CCC(=O)CCC1CCCC1. The van der Waals surface area contributed by atoms with Crippen molar-refractivity contribution in [3.05, 3.63) is 35.9 Å². The minimum absolute atomic E-state index is 0.369. The molecule has 2 saturated carbocycles. The molecular formula is C27H41NO. The molecule has 29 heavy (non-hydrogen) atoms. The topological polar surface area (TPSA) is 20.3 Å². The Balaban J connectivity index is 1.38. The Bertz CT molecular complexity index is 650. The van der Waals surface area contributed by atoms with E-state index in [1.165, 1.54) is 69.9 Å². The lowest BCUT2D eigenvalue weighted by Gasteiger charge is -2.56. The van der Waals surface area contributed by atoms with Gasteiger partial charge in [0, 0.05) is 25.4 Å². The van der Waals surface area contributed by atoms with Crippen LogP contribution in [0.5, 0.6) is 0 Å². The Morgan fingerprint density at radius 3 is 2.55 bits per heavy atom. The summed E-state index contributed by atoms with van der Waals surface area (Å²) in [5, 5.41) is 0. The third-order valence-electron chi connectivity index (χ3n) is 8.81. The van der Waals surface area contributed by atoms with Gasteiger partial charge in [0.05, 0.1) is 0 Å². The van der Waals surface area contributed by atoms with Crippen LogP contribution in [0.3, 0.4) is 0 Å². The summed E-state index contributed by atoms with van der Waals surface area (Å²) in [4.78, 5) is 15.5. The number of piperidine rings is 1. The van der Waals surface area contributed by atoms with E-state index in [4.69, 9.17) is 0 Å². The lowest BCUT2D eigenvalue weighted by Crippen LogP contribution is -2.56. The number of hydrogen-bond acceptors (Lipinski definition) is 2. The summed E-state index contributed by atoms with van der Waals surface area (Å²) in [5.41, 5.74) is 1.80. The fourth-order valence-corrected chi connectivity index (χ4v) is 6.93. The van der Waals surface area contributed by atoms with Crippen LogP contribution in [0, 0.1) is 17.3 Å². The van der Waals surface area contributed by atoms with Gasteiger partial charge in [0.25, 0.3) is 0 Å².